The van der Waals surface area contributed by atoms with Gasteiger partial charge in [0.2, 0.25) is 0 Å². The number of nitrogens with two attached hydrogens (primary N) is 1. The van der Waals surface area contributed by atoms with Gasteiger partial charge in [0.1, 0.15) is 0 Å². The van der Waals surface area contributed by atoms with Gasteiger partial charge in [0.15, 0.2) is 0 Å². The van der Waals surface area contributed by atoms with Crippen LogP contribution in [0.25, 0.3) is 0 Å². The molecular weight excluding hydrogens is 188 g/mol. The van der Waals surface area contributed by atoms with Crippen molar-refractivity contribution in [1.82, 2.24) is 15.6 Å². The van der Waals surface area contributed by atoms with Crippen LogP contribution in [0.2, 0.25) is 0 Å². The zero-order valence-electron chi connectivity index (χ0n) is 9.32. The molecule has 0 aliphatic carbocycles. The Hall–Kier alpha value is -1.00. The number of hydrazine groups is 1. The minimum atomic E-state index is 0.206. The maximum absolute atomic E-state index is 5.52. The summed E-state index contributed by atoms with van der Waals surface area (Å²) in [6.07, 6.45) is 9.56. The second-order valence-corrected chi connectivity index (χ2v) is 3.74. The third-order valence-electron chi connectivity index (χ3n) is 2.56. The average Bonchev–Trinajstić information content (AvgIpc) is 2.30. The third-order valence-corrected chi connectivity index (χ3v) is 2.56. The van der Waals surface area contributed by atoms with Crippen molar-refractivity contribution in [2.24, 2.45) is 5.84 Å². The van der Waals surface area contributed by atoms with E-state index in [-0.39, 0.29) is 6.04 Å². The Morgan fingerprint density at radius 2 is 2.20 bits per heavy atom. The van der Waals surface area contributed by atoms with Crippen molar-refractivity contribution in [3.8, 4) is 0 Å². The molecule has 1 atom stereocenters. The standard InChI is InChI=1S/C11H20N4/c1-2-3-4-5-6-11(15-12)10-7-8-13-14-9-10/h7-9,11,15H,2-6,12H2,1H3. The maximum atomic E-state index is 5.52. The molecule has 0 fully saturated rings. The van der Waals surface area contributed by atoms with Crippen LogP contribution in [0.15, 0.2) is 18.5 Å². The SMILES string of the molecule is CCCCCCC(NN)c1ccnnc1. The number of hydrogen-bond donors (Lipinski definition) is 2. The first kappa shape index (κ1) is 12.1. The molecule has 0 aromatic carbocycles. The van der Waals surface area contributed by atoms with E-state index in [1.165, 1.54) is 25.7 Å². The first-order chi connectivity index (χ1) is 7.38. The summed E-state index contributed by atoms with van der Waals surface area (Å²) in [6, 6.07) is 2.16. The van der Waals surface area contributed by atoms with Crippen LogP contribution in [0.1, 0.15) is 50.6 Å². The molecule has 0 amide bonds. The second kappa shape index (κ2) is 7.31. The highest BCUT2D eigenvalue weighted by Crippen LogP contribution is 2.17. The van der Waals surface area contributed by atoms with Crippen molar-refractivity contribution >= 4 is 0 Å². The second-order valence-electron chi connectivity index (χ2n) is 3.74. The Morgan fingerprint density at radius 1 is 1.33 bits per heavy atom. The predicted octanol–water partition coefficient (Wildman–Crippen LogP) is 1.95. The van der Waals surface area contributed by atoms with Crippen molar-refractivity contribution in [3.05, 3.63) is 24.0 Å². The number of rotatable bonds is 7. The van der Waals surface area contributed by atoms with Crippen LogP contribution in [-0.2, 0) is 0 Å². The van der Waals surface area contributed by atoms with E-state index in [0.29, 0.717) is 0 Å². The Morgan fingerprint density at radius 3 is 2.80 bits per heavy atom. The van der Waals surface area contributed by atoms with E-state index in [1.54, 1.807) is 12.4 Å². The lowest BCUT2D eigenvalue weighted by molar-refractivity contribution is 0.480. The summed E-state index contributed by atoms with van der Waals surface area (Å²) in [5.41, 5.74) is 3.94. The van der Waals surface area contributed by atoms with Gasteiger partial charge in [-0.15, -0.1) is 0 Å². The van der Waals surface area contributed by atoms with Crippen LogP contribution >= 0.6 is 0 Å². The van der Waals surface area contributed by atoms with Gasteiger partial charge in [0, 0.05) is 12.2 Å². The summed E-state index contributed by atoms with van der Waals surface area (Å²) in [6.45, 7) is 2.21. The first-order valence-electron chi connectivity index (χ1n) is 5.61. The van der Waals surface area contributed by atoms with Crippen LogP contribution in [0.4, 0.5) is 0 Å². The van der Waals surface area contributed by atoms with E-state index in [9.17, 15) is 0 Å². The summed E-state index contributed by atoms with van der Waals surface area (Å²) < 4.78 is 0. The highest BCUT2D eigenvalue weighted by Gasteiger charge is 2.08. The topological polar surface area (TPSA) is 63.8 Å². The lowest BCUT2D eigenvalue weighted by Crippen LogP contribution is -2.28. The molecule has 84 valence electrons. The fourth-order valence-corrected chi connectivity index (χ4v) is 1.63. The van der Waals surface area contributed by atoms with Crippen molar-refractivity contribution in [1.29, 1.82) is 0 Å². The molecule has 1 unspecified atom stereocenters. The van der Waals surface area contributed by atoms with Crippen molar-refractivity contribution in [2.45, 2.75) is 45.1 Å². The average molecular weight is 208 g/mol. The molecule has 0 aliphatic rings. The molecular formula is C11H20N4. The Balaban J connectivity index is 2.36. The van der Waals surface area contributed by atoms with Crippen LogP contribution < -0.4 is 11.3 Å². The van der Waals surface area contributed by atoms with Gasteiger partial charge in [0.25, 0.3) is 0 Å². The van der Waals surface area contributed by atoms with Crippen LogP contribution in [0, 0.1) is 0 Å². The lowest BCUT2D eigenvalue weighted by Gasteiger charge is -2.15. The van der Waals surface area contributed by atoms with Gasteiger partial charge < -0.3 is 0 Å². The lowest BCUT2D eigenvalue weighted by atomic mass is 10.0. The van der Waals surface area contributed by atoms with E-state index in [4.69, 9.17) is 5.84 Å². The van der Waals surface area contributed by atoms with E-state index in [2.05, 4.69) is 22.5 Å². The summed E-state index contributed by atoms with van der Waals surface area (Å²) in [7, 11) is 0. The van der Waals surface area contributed by atoms with Gasteiger partial charge in [-0.05, 0) is 18.1 Å². The van der Waals surface area contributed by atoms with Gasteiger partial charge in [-0.25, -0.2) is 0 Å². The molecule has 0 saturated carbocycles. The number of unbranched alkanes of at least 4 members (excludes halogenated alkanes) is 3. The summed E-state index contributed by atoms with van der Waals surface area (Å²) >= 11 is 0. The highest BCUT2D eigenvalue weighted by atomic mass is 15.2. The van der Waals surface area contributed by atoms with Crippen molar-refractivity contribution in [3.63, 3.8) is 0 Å². The highest BCUT2D eigenvalue weighted by molar-refractivity contribution is 5.10. The van der Waals surface area contributed by atoms with E-state index in [1.807, 2.05) is 6.07 Å². The summed E-state index contributed by atoms with van der Waals surface area (Å²) in [5, 5.41) is 7.61. The molecule has 1 rings (SSSR count). The molecule has 4 heteroatoms. The van der Waals surface area contributed by atoms with Crippen LogP contribution in [-0.4, -0.2) is 10.2 Å². The minimum absolute atomic E-state index is 0.206. The molecule has 15 heavy (non-hydrogen) atoms. The first-order valence-corrected chi connectivity index (χ1v) is 5.61. The fourth-order valence-electron chi connectivity index (χ4n) is 1.63. The zero-order valence-corrected chi connectivity index (χ0v) is 9.32. The Labute approximate surface area is 91.3 Å². The zero-order chi connectivity index (χ0) is 10.9. The number of nitrogens with zero attached hydrogens (tertiary/aromatic N) is 2. The molecule has 0 bridgehead atoms. The number of aromatic nitrogens is 2. The van der Waals surface area contributed by atoms with Crippen LogP contribution in [0.5, 0.6) is 0 Å². The quantitative estimate of drug-likeness (QED) is 0.408. The van der Waals surface area contributed by atoms with E-state index < -0.39 is 0 Å². The van der Waals surface area contributed by atoms with Crippen LogP contribution in [0.3, 0.4) is 0 Å². The molecule has 3 N–H and O–H groups in total. The maximum Gasteiger partial charge on any atom is 0.0544 e. The molecule has 1 aromatic rings. The number of hydrogen-bond acceptors (Lipinski definition) is 4. The normalized spacial score (nSPS) is 12.7. The van der Waals surface area contributed by atoms with Gasteiger partial charge in [-0.1, -0.05) is 32.6 Å². The molecule has 1 aromatic heterocycles. The summed E-state index contributed by atoms with van der Waals surface area (Å²) in [5.74, 6) is 5.52. The molecule has 0 spiro atoms. The molecule has 4 nitrogen and oxygen atoms in total. The predicted molar refractivity (Wildman–Crippen MR) is 60.9 cm³/mol. The fraction of sp³-hybridized carbons (Fsp3) is 0.636. The van der Waals surface area contributed by atoms with Gasteiger partial charge in [-0.2, -0.15) is 10.2 Å². The number of nitrogens with one attached hydrogen (secondary N) is 1. The monoisotopic (exact) mass is 208 g/mol. The minimum Gasteiger partial charge on any atom is -0.271 e. The molecule has 0 radical (unpaired) electrons. The Kier molecular flexibility index (Phi) is 5.88. The Bertz CT molecular complexity index is 250. The summed E-state index contributed by atoms with van der Waals surface area (Å²) in [4.78, 5) is 0. The largest absolute Gasteiger partial charge is 0.271 e. The third kappa shape index (κ3) is 4.36. The van der Waals surface area contributed by atoms with E-state index >= 15 is 0 Å². The van der Waals surface area contributed by atoms with Gasteiger partial charge in [-0.3, -0.25) is 11.3 Å². The van der Waals surface area contributed by atoms with Gasteiger partial charge >= 0.3 is 0 Å². The van der Waals surface area contributed by atoms with E-state index in [0.717, 1.165) is 12.0 Å². The smallest absolute Gasteiger partial charge is 0.0544 e. The molecule has 1 heterocycles. The molecule has 0 aliphatic heterocycles. The molecule has 0 saturated heterocycles. The van der Waals surface area contributed by atoms with Crippen molar-refractivity contribution in [2.75, 3.05) is 0 Å². The van der Waals surface area contributed by atoms with Crippen molar-refractivity contribution < 1.29 is 0 Å². The van der Waals surface area contributed by atoms with Gasteiger partial charge in [0.05, 0.1) is 6.20 Å².